The first-order chi connectivity index (χ1) is 16.7. The third-order valence-corrected chi connectivity index (χ3v) is 7.71. The zero-order valence-electron chi connectivity index (χ0n) is 19.5. The third kappa shape index (κ3) is 3.90. The second-order valence-electron chi connectivity index (χ2n) is 8.41. The van der Waals surface area contributed by atoms with Gasteiger partial charge in [0.2, 0.25) is 16.0 Å². The average Bonchev–Trinajstić information content (AvgIpc) is 3.10. The Hall–Kier alpha value is -3.57. The fourth-order valence-corrected chi connectivity index (χ4v) is 5.78. The van der Waals surface area contributed by atoms with Gasteiger partial charge in [-0.2, -0.15) is 9.37 Å². The Morgan fingerprint density at radius 2 is 2.03 bits per heavy atom. The van der Waals surface area contributed by atoms with Crippen molar-refractivity contribution in [2.75, 3.05) is 30.0 Å². The van der Waals surface area contributed by atoms with Gasteiger partial charge in [-0.15, -0.1) is 0 Å². The number of rotatable bonds is 5. The maximum atomic E-state index is 14.2. The standard InChI is InChI=1S/C24H24FN5O4S/c1-4-30-22-16(24(31)29(3)21-14(2)10-20(25)28-23(21)30)11-15(12-26-22)8-9-34-18-6-5-7-19-17(18)13-27-35(19,32)33/h5-7,10-12,27H,4,8-9,13H2,1-3H3. The molecule has 1 amide bonds. The summed E-state index contributed by atoms with van der Waals surface area (Å²) >= 11 is 0. The van der Waals surface area contributed by atoms with Crippen LogP contribution in [0.2, 0.25) is 0 Å². The van der Waals surface area contributed by atoms with Gasteiger partial charge in [0.15, 0.2) is 5.82 Å². The predicted molar refractivity (Wildman–Crippen MR) is 128 cm³/mol. The largest absolute Gasteiger partial charge is 0.493 e. The third-order valence-electron chi connectivity index (χ3n) is 6.22. The van der Waals surface area contributed by atoms with Crippen molar-refractivity contribution in [2.45, 2.75) is 31.7 Å². The number of benzene rings is 1. The monoisotopic (exact) mass is 497 g/mol. The topological polar surface area (TPSA) is 105 Å². The van der Waals surface area contributed by atoms with E-state index >= 15 is 0 Å². The lowest BCUT2D eigenvalue weighted by Gasteiger charge is -2.24. The van der Waals surface area contributed by atoms with Crippen LogP contribution in [-0.2, 0) is 23.0 Å². The van der Waals surface area contributed by atoms with E-state index in [1.54, 1.807) is 49.3 Å². The van der Waals surface area contributed by atoms with Gasteiger partial charge < -0.3 is 14.5 Å². The summed E-state index contributed by atoms with van der Waals surface area (Å²) in [4.78, 5) is 25.4. The number of aromatic nitrogens is 2. The summed E-state index contributed by atoms with van der Waals surface area (Å²) in [7, 11) is -1.84. The fraction of sp³-hybridized carbons (Fsp3) is 0.292. The molecule has 5 rings (SSSR count). The van der Waals surface area contributed by atoms with E-state index in [4.69, 9.17) is 4.74 Å². The smallest absolute Gasteiger partial charge is 0.261 e. The summed E-state index contributed by atoms with van der Waals surface area (Å²) in [6.07, 6.45) is 2.11. The molecule has 0 saturated carbocycles. The molecule has 0 aliphatic carbocycles. The number of pyridine rings is 2. The summed E-state index contributed by atoms with van der Waals surface area (Å²) in [5.41, 5.74) is 2.93. The highest BCUT2D eigenvalue weighted by molar-refractivity contribution is 7.89. The Morgan fingerprint density at radius 3 is 2.80 bits per heavy atom. The lowest BCUT2D eigenvalue weighted by atomic mass is 10.1. The van der Waals surface area contributed by atoms with Crippen LogP contribution in [0.15, 0.2) is 41.4 Å². The molecule has 0 unspecified atom stereocenters. The zero-order valence-corrected chi connectivity index (χ0v) is 20.3. The van der Waals surface area contributed by atoms with Crippen LogP contribution in [0.3, 0.4) is 0 Å². The van der Waals surface area contributed by atoms with Crippen molar-refractivity contribution in [1.29, 1.82) is 0 Å². The minimum absolute atomic E-state index is 0.191. The highest BCUT2D eigenvalue weighted by Gasteiger charge is 2.32. The second kappa shape index (κ2) is 8.58. The van der Waals surface area contributed by atoms with Gasteiger partial charge in [0, 0.05) is 38.3 Å². The molecule has 2 aliphatic rings. The number of aryl methyl sites for hydroxylation is 1. The van der Waals surface area contributed by atoms with Crippen LogP contribution in [0.1, 0.15) is 34.0 Å². The summed E-state index contributed by atoms with van der Waals surface area (Å²) in [6, 6.07) is 8.01. The van der Waals surface area contributed by atoms with Crippen molar-refractivity contribution in [3.05, 3.63) is 64.7 Å². The van der Waals surface area contributed by atoms with E-state index in [9.17, 15) is 17.6 Å². The number of hydrogen-bond acceptors (Lipinski definition) is 7. The Bertz CT molecular complexity index is 1460. The van der Waals surface area contributed by atoms with Crippen molar-refractivity contribution in [3.63, 3.8) is 0 Å². The SMILES string of the molecule is CCN1c2ncc(CCOc3cccc4c3CNS4(=O)=O)cc2C(=O)N(C)c2c(C)cc(F)nc21. The van der Waals surface area contributed by atoms with Gasteiger partial charge >= 0.3 is 0 Å². The molecule has 4 heterocycles. The molecule has 0 spiro atoms. The van der Waals surface area contributed by atoms with Crippen molar-refractivity contribution < 1.29 is 22.3 Å². The van der Waals surface area contributed by atoms with Crippen molar-refractivity contribution in [2.24, 2.45) is 0 Å². The number of carbonyl (C=O) groups excluding carboxylic acids is 1. The van der Waals surface area contributed by atoms with Crippen LogP contribution in [0.25, 0.3) is 0 Å². The van der Waals surface area contributed by atoms with E-state index in [1.807, 2.05) is 6.92 Å². The van der Waals surface area contributed by atoms with Crippen molar-refractivity contribution >= 4 is 33.3 Å². The summed E-state index contributed by atoms with van der Waals surface area (Å²) in [5.74, 6) is 0.396. The van der Waals surface area contributed by atoms with E-state index in [0.29, 0.717) is 52.7 Å². The van der Waals surface area contributed by atoms with Gasteiger partial charge in [-0.3, -0.25) is 4.79 Å². The Morgan fingerprint density at radius 1 is 1.23 bits per heavy atom. The second-order valence-corrected chi connectivity index (χ2v) is 10.1. The number of nitrogens with zero attached hydrogens (tertiary/aromatic N) is 4. The number of amides is 1. The van der Waals surface area contributed by atoms with E-state index < -0.39 is 16.0 Å². The van der Waals surface area contributed by atoms with Gasteiger partial charge in [0.05, 0.1) is 22.8 Å². The maximum Gasteiger partial charge on any atom is 0.261 e. The van der Waals surface area contributed by atoms with Gasteiger partial charge in [0.1, 0.15) is 11.6 Å². The van der Waals surface area contributed by atoms with Crippen molar-refractivity contribution in [1.82, 2.24) is 14.7 Å². The molecule has 3 aromatic rings. The van der Waals surface area contributed by atoms with Gasteiger partial charge in [-0.1, -0.05) is 6.07 Å². The molecule has 0 fully saturated rings. The highest BCUT2D eigenvalue weighted by Crippen LogP contribution is 2.40. The Labute approximate surface area is 202 Å². The van der Waals surface area contributed by atoms with Crippen LogP contribution in [0.4, 0.5) is 21.7 Å². The van der Waals surface area contributed by atoms with Gasteiger partial charge in [-0.25, -0.2) is 18.1 Å². The molecule has 11 heteroatoms. The quantitative estimate of drug-likeness (QED) is 0.540. The first kappa shape index (κ1) is 23.2. The number of ether oxygens (including phenoxy) is 1. The first-order valence-electron chi connectivity index (χ1n) is 11.2. The van der Waals surface area contributed by atoms with E-state index in [0.717, 1.165) is 5.56 Å². The molecular formula is C24H24FN5O4S. The van der Waals surface area contributed by atoms with Crippen molar-refractivity contribution in [3.8, 4) is 5.75 Å². The van der Waals surface area contributed by atoms with Crippen LogP contribution < -0.4 is 19.3 Å². The summed E-state index contributed by atoms with van der Waals surface area (Å²) in [6.45, 7) is 4.54. The molecule has 0 radical (unpaired) electrons. The molecule has 2 aromatic heterocycles. The van der Waals surface area contributed by atoms with E-state index in [1.165, 1.54) is 11.0 Å². The van der Waals surface area contributed by atoms with Gasteiger partial charge in [-0.05, 0) is 49.2 Å². The molecule has 1 N–H and O–H groups in total. The molecule has 9 nitrogen and oxygen atoms in total. The van der Waals surface area contributed by atoms with Gasteiger partial charge in [0.25, 0.3) is 5.91 Å². The lowest BCUT2D eigenvalue weighted by Crippen LogP contribution is -2.26. The number of sulfonamides is 1. The van der Waals surface area contributed by atoms with E-state index in [-0.39, 0.29) is 24.0 Å². The zero-order chi connectivity index (χ0) is 24.9. The number of anilines is 3. The predicted octanol–water partition coefficient (Wildman–Crippen LogP) is 3.09. The van der Waals surface area contributed by atoms with Crippen LogP contribution >= 0.6 is 0 Å². The highest BCUT2D eigenvalue weighted by atomic mass is 32.2. The van der Waals surface area contributed by atoms with Crippen LogP contribution in [0.5, 0.6) is 5.75 Å². The molecule has 1 aromatic carbocycles. The lowest BCUT2D eigenvalue weighted by molar-refractivity contribution is 0.0993. The van der Waals surface area contributed by atoms with Crippen LogP contribution in [-0.4, -0.2) is 44.5 Å². The fourth-order valence-electron chi connectivity index (χ4n) is 4.54. The summed E-state index contributed by atoms with van der Waals surface area (Å²) < 4.78 is 46.6. The molecule has 2 aliphatic heterocycles. The maximum absolute atomic E-state index is 14.2. The number of fused-ring (bicyclic) bond motifs is 3. The molecule has 0 atom stereocenters. The first-order valence-corrected chi connectivity index (χ1v) is 12.7. The molecule has 0 saturated heterocycles. The Kier molecular flexibility index (Phi) is 5.68. The Balaban J connectivity index is 1.42. The normalized spacial score (nSPS) is 15.9. The number of nitrogens with one attached hydrogen (secondary N) is 1. The molecule has 0 bridgehead atoms. The molecule has 182 valence electrons. The molecule has 35 heavy (non-hydrogen) atoms. The number of halogens is 1. The minimum Gasteiger partial charge on any atom is -0.493 e. The van der Waals surface area contributed by atoms with E-state index in [2.05, 4.69) is 14.7 Å². The molecular weight excluding hydrogens is 473 g/mol. The van der Waals surface area contributed by atoms with Crippen LogP contribution in [0, 0.1) is 12.9 Å². The minimum atomic E-state index is -3.48. The number of carbonyl (C=O) groups is 1. The average molecular weight is 498 g/mol. The number of hydrogen-bond donors (Lipinski definition) is 1. The summed E-state index contributed by atoms with van der Waals surface area (Å²) in [5, 5.41) is 0.